The first-order chi connectivity index (χ1) is 8.41. The van der Waals surface area contributed by atoms with Crippen LogP contribution in [0.25, 0.3) is 0 Å². The minimum Gasteiger partial charge on any atom is -0.504 e. The molecular weight excluding hydrogens is 248 g/mol. The Morgan fingerprint density at radius 2 is 1.39 bits per heavy atom. The number of aromatic hydroxyl groups is 2. The van der Waals surface area contributed by atoms with E-state index >= 15 is 0 Å². The second kappa shape index (κ2) is 4.54. The number of halogens is 1. The maximum Gasteiger partial charge on any atom is 0.157 e. The van der Waals surface area contributed by atoms with Gasteiger partial charge in [-0.25, -0.2) is 0 Å². The van der Waals surface area contributed by atoms with Crippen LogP contribution in [-0.4, -0.2) is 10.2 Å². The van der Waals surface area contributed by atoms with Crippen LogP contribution in [0, 0.1) is 0 Å². The number of hydrogen-bond donors (Lipinski definition) is 2. The van der Waals surface area contributed by atoms with Crippen LogP contribution in [0.2, 0.25) is 5.02 Å². The molecule has 0 aliphatic rings. The number of rotatable bonds is 2. The number of phenolic OH excluding ortho intramolecular Hbond substituents is 2. The quantitative estimate of drug-likeness (QED) is 0.801. The Labute approximate surface area is 111 Å². The van der Waals surface area contributed by atoms with Gasteiger partial charge in [0.15, 0.2) is 11.5 Å². The SMILES string of the molecule is CC(C)(c1ccc(Cl)cc1)c1ccc(O)c(O)c1. The minimum absolute atomic E-state index is 0.102. The highest BCUT2D eigenvalue weighted by Crippen LogP contribution is 2.36. The first kappa shape index (κ1) is 12.8. The first-order valence-corrected chi connectivity index (χ1v) is 6.07. The normalized spacial score (nSPS) is 11.5. The second-order valence-electron chi connectivity index (χ2n) is 4.84. The van der Waals surface area contributed by atoms with Crippen molar-refractivity contribution in [2.45, 2.75) is 19.3 Å². The third kappa shape index (κ3) is 2.29. The Kier molecular flexibility index (Phi) is 3.22. The van der Waals surface area contributed by atoms with E-state index in [1.54, 1.807) is 6.07 Å². The molecule has 2 N–H and O–H groups in total. The van der Waals surface area contributed by atoms with Gasteiger partial charge in [0.1, 0.15) is 0 Å². The monoisotopic (exact) mass is 262 g/mol. The van der Waals surface area contributed by atoms with Crippen LogP contribution in [-0.2, 0) is 5.41 Å². The summed E-state index contributed by atoms with van der Waals surface area (Å²) in [7, 11) is 0. The Morgan fingerprint density at radius 3 is 1.94 bits per heavy atom. The summed E-state index contributed by atoms with van der Waals surface area (Å²) in [6.45, 7) is 4.12. The molecule has 0 aromatic heterocycles. The summed E-state index contributed by atoms with van der Waals surface area (Å²) in [5.74, 6) is -0.208. The number of benzene rings is 2. The largest absolute Gasteiger partial charge is 0.504 e. The van der Waals surface area contributed by atoms with Gasteiger partial charge in [0.25, 0.3) is 0 Å². The molecule has 0 unspecified atom stereocenters. The summed E-state index contributed by atoms with van der Waals surface area (Å²) in [5.41, 5.74) is 1.76. The Balaban J connectivity index is 2.46. The first-order valence-electron chi connectivity index (χ1n) is 5.70. The van der Waals surface area contributed by atoms with Crippen LogP contribution in [0.15, 0.2) is 42.5 Å². The van der Waals surface area contributed by atoms with Gasteiger partial charge in [0, 0.05) is 10.4 Å². The van der Waals surface area contributed by atoms with E-state index < -0.39 is 0 Å². The molecule has 2 rings (SSSR count). The van der Waals surface area contributed by atoms with Crippen LogP contribution < -0.4 is 0 Å². The van der Waals surface area contributed by atoms with E-state index in [2.05, 4.69) is 13.8 Å². The zero-order valence-corrected chi connectivity index (χ0v) is 11.1. The third-order valence-electron chi connectivity index (χ3n) is 3.26. The fraction of sp³-hybridized carbons (Fsp3) is 0.200. The molecule has 0 heterocycles. The van der Waals surface area contributed by atoms with Gasteiger partial charge in [-0.15, -0.1) is 0 Å². The molecule has 3 heteroatoms. The Hall–Kier alpha value is -1.67. The Morgan fingerprint density at radius 1 is 0.833 bits per heavy atom. The molecule has 2 nitrogen and oxygen atoms in total. The van der Waals surface area contributed by atoms with Crippen LogP contribution in [0.4, 0.5) is 0 Å². The van der Waals surface area contributed by atoms with Crippen molar-refractivity contribution >= 4 is 11.6 Å². The average molecular weight is 263 g/mol. The molecule has 2 aromatic rings. The fourth-order valence-electron chi connectivity index (χ4n) is 1.95. The van der Waals surface area contributed by atoms with E-state index in [-0.39, 0.29) is 16.9 Å². The topological polar surface area (TPSA) is 40.5 Å². The summed E-state index contributed by atoms with van der Waals surface area (Å²) < 4.78 is 0. The van der Waals surface area contributed by atoms with Crippen molar-refractivity contribution in [3.8, 4) is 11.5 Å². The number of phenols is 2. The Bertz CT molecular complexity index is 559. The summed E-state index contributed by atoms with van der Waals surface area (Å²) in [6.07, 6.45) is 0. The lowest BCUT2D eigenvalue weighted by Gasteiger charge is -2.26. The molecule has 0 saturated heterocycles. The molecule has 0 spiro atoms. The zero-order valence-electron chi connectivity index (χ0n) is 10.3. The van der Waals surface area contributed by atoms with E-state index in [1.807, 2.05) is 30.3 Å². The standard InChI is InChI=1S/C15H15ClO2/c1-15(2,10-3-6-12(16)7-4-10)11-5-8-13(17)14(18)9-11/h3-9,17-18H,1-2H3. The van der Waals surface area contributed by atoms with Crippen molar-refractivity contribution in [1.29, 1.82) is 0 Å². The third-order valence-corrected chi connectivity index (χ3v) is 3.51. The highest BCUT2D eigenvalue weighted by Gasteiger charge is 2.23. The summed E-state index contributed by atoms with van der Waals surface area (Å²) in [6, 6.07) is 12.5. The van der Waals surface area contributed by atoms with Crippen molar-refractivity contribution in [3.63, 3.8) is 0 Å². The van der Waals surface area contributed by atoms with Crippen LogP contribution >= 0.6 is 11.6 Å². The van der Waals surface area contributed by atoms with E-state index in [1.165, 1.54) is 6.07 Å². The van der Waals surface area contributed by atoms with E-state index in [0.717, 1.165) is 11.1 Å². The van der Waals surface area contributed by atoms with Gasteiger partial charge < -0.3 is 10.2 Å². The van der Waals surface area contributed by atoms with Crippen molar-refractivity contribution in [3.05, 3.63) is 58.6 Å². The van der Waals surface area contributed by atoms with Gasteiger partial charge in [-0.05, 0) is 35.4 Å². The minimum atomic E-state index is -0.268. The lowest BCUT2D eigenvalue weighted by molar-refractivity contribution is 0.402. The lowest BCUT2D eigenvalue weighted by Crippen LogP contribution is -2.18. The van der Waals surface area contributed by atoms with E-state index in [0.29, 0.717) is 5.02 Å². The maximum absolute atomic E-state index is 9.58. The molecule has 0 bridgehead atoms. The van der Waals surface area contributed by atoms with Gasteiger partial charge in [0.05, 0.1) is 0 Å². The molecule has 18 heavy (non-hydrogen) atoms. The molecule has 0 aliphatic carbocycles. The fourth-order valence-corrected chi connectivity index (χ4v) is 2.07. The van der Waals surface area contributed by atoms with Gasteiger partial charge >= 0.3 is 0 Å². The van der Waals surface area contributed by atoms with Gasteiger partial charge in [-0.1, -0.05) is 43.6 Å². The van der Waals surface area contributed by atoms with Crippen molar-refractivity contribution in [2.75, 3.05) is 0 Å². The molecule has 0 radical (unpaired) electrons. The molecule has 0 saturated carbocycles. The van der Waals surface area contributed by atoms with Crippen molar-refractivity contribution < 1.29 is 10.2 Å². The predicted octanol–water partition coefficient (Wildman–Crippen LogP) is 4.08. The van der Waals surface area contributed by atoms with Crippen LogP contribution in [0.1, 0.15) is 25.0 Å². The molecule has 94 valence electrons. The summed E-state index contributed by atoms with van der Waals surface area (Å²) in [4.78, 5) is 0. The molecule has 0 amide bonds. The predicted molar refractivity (Wildman–Crippen MR) is 73.4 cm³/mol. The van der Waals surface area contributed by atoms with Crippen LogP contribution in [0.3, 0.4) is 0 Å². The van der Waals surface area contributed by atoms with E-state index in [9.17, 15) is 10.2 Å². The molecule has 2 aromatic carbocycles. The van der Waals surface area contributed by atoms with Gasteiger partial charge in [-0.3, -0.25) is 0 Å². The van der Waals surface area contributed by atoms with Crippen LogP contribution in [0.5, 0.6) is 11.5 Å². The zero-order chi connectivity index (χ0) is 13.3. The van der Waals surface area contributed by atoms with E-state index in [4.69, 9.17) is 11.6 Å². The summed E-state index contributed by atoms with van der Waals surface area (Å²) >= 11 is 5.88. The smallest absolute Gasteiger partial charge is 0.157 e. The second-order valence-corrected chi connectivity index (χ2v) is 5.27. The highest BCUT2D eigenvalue weighted by molar-refractivity contribution is 6.30. The van der Waals surface area contributed by atoms with Crippen molar-refractivity contribution in [1.82, 2.24) is 0 Å². The van der Waals surface area contributed by atoms with Crippen molar-refractivity contribution in [2.24, 2.45) is 0 Å². The molecule has 0 atom stereocenters. The lowest BCUT2D eigenvalue weighted by atomic mass is 9.78. The van der Waals surface area contributed by atoms with Gasteiger partial charge in [-0.2, -0.15) is 0 Å². The molecule has 0 aliphatic heterocycles. The van der Waals surface area contributed by atoms with Gasteiger partial charge in [0.2, 0.25) is 0 Å². The maximum atomic E-state index is 9.58. The molecular formula is C15H15ClO2. The molecule has 0 fully saturated rings. The average Bonchev–Trinajstić information content (AvgIpc) is 2.33. The number of hydrogen-bond acceptors (Lipinski definition) is 2. The highest BCUT2D eigenvalue weighted by atomic mass is 35.5. The summed E-state index contributed by atoms with van der Waals surface area (Å²) in [5, 5.41) is 19.6.